The second-order valence-electron chi connectivity index (χ2n) is 4.00. The maximum Gasteiger partial charge on any atom is 0.283 e. The molecule has 9 heteroatoms. The summed E-state index contributed by atoms with van der Waals surface area (Å²) in [5.74, 6) is -0.262. The Labute approximate surface area is 141 Å². The topological polar surface area (TPSA) is 101 Å². The van der Waals surface area contributed by atoms with Gasteiger partial charge >= 0.3 is 0 Å². The Morgan fingerprint density at radius 1 is 1.48 bits per heavy atom. The van der Waals surface area contributed by atoms with Crippen molar-refractivity contribution < 1.29 is 9.90 Å². The number of halogens is 2. The summed E-state index contributed by atoms with van der Waals surface area (Å²) in [4.78, 5) is 16.3. The van der Waals surface area contributed by atoms with Crippen LogP contribution in [0.3, 0.4) is 0 Å². The Bertz CT molecular complexity index is 707. The molecule has 2 rings (SSSR count). The third-order valence-corrected chi connectivity index (χ3v) is 4.63. The standard InChI is InChI=1S/C12H10Br2N4O2S/c1-5-10(21-12(15)17-5)11(20)18-16-4-6-2-7(13)9(19)8(14)3-6/h2-4,19H,1H3,(H2,15,17)(H,18,20). The lowest BCUT2D eigenvalue weighted by Gasteiger charge is -2.02. The van der Waals surface area contributed by atoms with Crippen molar-refractivity contribution in [3.63, 3.8) is 0 Å². The Kier molecular flexibility index (Phi) is 4.96. The molecular weight excluding hydrogens is 424 g/mol. The number of aryl methyl sites for hydroxylation is 1. The number of thiazole rings is 1. The zero-order valence-electron chi connectivity index (χ0n) is 10.7. The molecule has 0 aliphatic rings. The van der Waals surface area contributed by atoms with E-state index < -0.39 is 0 Å². The van der Waals surface area contributed by atoms with Gasteiger partial charge in [-0.05, 0) is 56.5 Å². The molecule has 0 aliphatic heterocycles. The predicted molar refractivity (Wildman–Crippen MR) is 89.8 cm³/mol. The highest BCUT2D eigenvalue weighted by atomic mass is 79.9. The summed E-state index contributed by atoms with van der Waals surface area (Å²) in [6, 6.07) is 3.34. The molecule has 21 heavy (non-hydrogen) atoms. The van der Waals surface area contributed by atoms with E-state index in [9.17, 15) is 9.90 Å². The highest BCUT2D eigenvalue weighted by molar-refractivity contribution is 9.11. The first-order chi connectivity index (χ1) is 9.88. The zero-order chi connectivity index (χ0) is 15.6. The van der Waals surface area contributed by atoms with E-state index in [0.29, 0.717) is 30.2 Å². The van der Waals surface area contributed by atoms with E-state index in [1.807, 2.05) is 0 Å². The average Bonchev–Trinajstić information content (AvgIpc) is 2.75. The van der Waals surface area contributed by atoms with Crippen LogP contribution in [0, 0.1) is 6.92 Å². The number of nitrogens with zero attached hydrogens (tertiary/aromatic N) is 2. The summed E-state index contributed by atoms with van der Waals surface area (Å²) < 4.78 is 1.05. The van der Waals surface area contributed by atoms with Gasteiger partial charge in [0.15, 0.2) is 5.13 Å². The molecule has 1 amide bonds. The summed E-state index contributed by atoms with van der Waals surface area (Å²) in [6.45, 7) is 1.71. The maximum absolute atomic E-state index is 11.9. The molecule has 0 unspecified atom stereocenters. The van der Waals surface area contributed by atoms with Crippen LogP contribution in [0.5, 0.6) is 5.75 Å². The van der Waals surface area contributed by atoms with Crippen LogP contribution in [0.25, 0.3) is 0 Å². The zero-order valence-corrected chi connectivity index (χ0v) is 14.7. The highest BCUT2D eigenvalue weighted by Crippen LogP contribution is 2.32. The van der Waals surface area contributed by atoms with Gasteiger partial charge in [-0.2, -0.15) is 5.10 Å². The summed E-state index contributed by atoms with van der Waals surface area (Å²) in [5.41, 5.74) is 9.22. The molecule has 4 N–H and O–H groups in total. The molecule has 1 aromatic carbocycles. The monoisotopic (exact) mass is 432 g/mol. The number of hydrogen-bond acceptors (Lipinski definition) is 6. The van der Waals surface area contributed by atoms with E-state index in [1.54, 1.807) is 19.1 Å². The van der Waals surface area contributed by atoms with Gasteiger partial charge in [0.2, 0.25) is 0 Å². The normalized spacial score (nSPS) is 11.0. The van der Waals surface area contributed by atoms with Crippen LogP contribution in [0.15, 0.2) is 26.2 Å². The van der Waals surface area contributed by atoms with Gasteiger partial charge in [-0.25, -0.2) is 10.4 Å². The number of anilines is 1. The number of nitrogens with one attached hydrogen (secondary N) is 1. The molecule has 0 radical (unpaired) electrons. The highest BCUT2D eigenvalue weighted by Gasteiger charge is 2.13. The van der Waals surface area contributed by atoms with Crippen LogP contribution in [0.1, 0.15) is 20.9 Å². The van der Waals surface area contributed by atoms with Crippen molar-refractivity contribution in [3.8, 4) is 5.75 Å². The number of hydrogen-bond donors (Lipinski definition) is 3. The minimum absolute atomic E-state index is 0.104. The number of carbonyl (C=O) groups is 1. The number of rotatable bonds is 3. The Balaban J connectivity index is 2.09. The molecule has 0 saturated carbocycles. The van der Waals surface area contributed by atoms with E-state index in [4.69, 9.17) is 5.73 Å². The van der Waals surface area contributed by atoms with Crippen molar-refractivity contribution in [2.75, 3.05) is 5.73 Å². The van der Waals surface area contributed by atoms with Gasteiger partial charge in [0.1, 0.15) is 10.6 Å². The van der Waals surface area contributed by atoms with Gasteiger partial charge in [-0.3, -0.25) is 4.79 Å². The van der Waals surface area contributed by atoms with Gasteiger partial charge in [-0.15, -0.1) is 0 Å². The molecule has 0 bridgehead atoms. The second kappa shape index (κ2) is 6.54. The first-order valence-corrected chi connectivity index (χ1v) is 8.03. The van der Waals surface area contributed by atoms with Crippen molar-refractivity contribution in [3.05, 3.63) is 37.2 Å². The fourth-order valence-electron chi connectivity index (χ4n) is 1.50. The number of phenolic OH excluding ortho intramolecular Hbond substituents is 1. The summed E-state index contributed by atoms with van der Waals surface area (Å²) >= 11 is 7.54. The molecular formula is C12H10Br2N4O2S. The van der Waals surface area contributed by atoms with E-state index in [0.717, 1.165) is 11.3 Å². The minimum atomic E-state index is -0.366. The number of benzene rings is 1. The lowest BCUT2D eigenvalue weighted by molar-refractivity contribution is 0.0958. The van der Waals surface area contributed by atoms with Crippen molar-refractivity contribution in [1.82, 2.24) is 10.4 Å². The van der Waals surface area contributed by atoms with E-state index >= 15 is 0 Å². The van der Waals surface area contributed by atoms with Gasteiger partial charge in [0.05, 0.1) is 20.9 Å². The number of aromatic nitrogens is 1. The lowest BCUT2D eigenvalue weighted by atomic mass is 10.2. The number of nitrogens with two attached hydrogens (primary N) is 1. The van der Waals surface area contributed by atoms with Crippen LogP contribution < -0.4 is 11.2 Å². The number of nitrogen functional groups attached to an aromatic ring is 1. The largest absolute Gasteiger partial charge is 0.506 e. The van der Waals surface area contributed by atoms with E-state index in [-0.39, 0.29) is 11.7 Å². The van der Waals surface area contributed by atoms with E-state index in [2.05, 4.69) is 47.4 Å². The maximum atomic E-state index is 11.9. The van der Waals surface area contributed by atoms with Crippen molar-refractivity contribution in [1.29, 1.82) is 0 Å². The second-order valence-corrected chi connectivity index (χ2v) is 6.74. The quantitative estimate of drug-likeness (QED) is 0.511. The number of aromatic hydroxyl groups is 1. The number of carbonyl (C=O) groups excluding carboxylic acids is 1. The van der Waals surface area contributed by atoms with Crippen LogP contribution in [0.4, 0.5) is 5.13 Å². The SMILES string of the molecule is Cc1nc(N)sc1C(=O)NN=Cc1cc(Br)c(O)c(Br)c1. The van der Waals surface area contributed by atoms with Gasteiger partial charge in [0.25, 0.3) is 5.91 Å². The lowest BCUT2D eigenvalue weighted by Crippen LogP contribution is -2.17. The first kappa shape index (κ1) is 15.9. The van der Waals surface area contributed by atoms with Crippen LogP contribution in [-0.4, -0.2) is 22.2 Å². The van der Waals surface area contributed by atoms with Gasteiger partial charge < -0.3 is 10.8 Å². The molecule has 0 spiro atoms. The number of phenols is 1. The Morgan fingerprint density at radius 2 is 2.10 bits per heavy atom. The first-order valence-electron chi connectivity index (χ1n) is 5.63. The summed E-state index contributed by atoms with van der Waals surface area (Å²) in [7, 11) is 0. The molecule has 2 aromatic rings. The van der Waals surface area contributed by atoms with Crippen molar-refractivity contribution in [2.45, 2.75) is 6.92 Å². The fraction of sp³-hybridized carbons (Fsp3) is 0.0833. The van der Waals surface area contributed by atoms with Gasteiger partial charge in [0, 0.05) is 0 Å². The van der Waals surface area contributed by atoms with Crippen LogP contribution in [-0.2, 0) is 0 Å². The minimum Gasteiger partial charge on any atom is -0.506 e. The molecule has 1 heterocycles. The third-order valence-electron chi connectivity index (χ3n) is 2.44. The Morgan fingerprint density at radius 3 is 2.62 bits per heavy atom. The summed E-state index contributed by atoms with van der Waals surface area (Å²) in [5, 5.41) is 13.8. The van der Waals surface area contributed by atoms with Crippen LogP contribution in [0.2, 0.25) is 0 Å². The third kappa shape index (κ3) is 3.80. The predicted octanol–water partition coefficient (Wildman–Crippen LogP) is 3.03. The van der Waals surface area contributed by atoms with E-state index in [1.165, 1.54) is 6.21 Å². The van der Waals surface area contributed by atoms with Gasteiger partial charge in [-0.1, -0.05) is 11.3 Å². The molecule has 1 aromatic heterocycles. The molecule has 0 atom stereocenters. The van der Waals surface area contributed by atoms with Crippen molar-refractivity contribution >= 4 is 60.5 Å². The summed E-state index contributed by atoms with van der Waals surface area (Å²) in [6.07, 6.45) is 1.46. The Hall–Kier alpha value is -1.45. The van der Waals surface area contributed by atoms with Crippen LogP contribution >= 0.6 is 43.2 Å². The average molecular weight is 434 g/mol. The number of hydrazone groups is 1. The molecule has 0 saturated heterocycles. The molecule has 0 fully saturated rings. The number of amides is 1. The molecule has 0 aliphatic carbocycles. The smallest absolute Gasteiger partial charge is 0.283 e. The molecule has 110 valence electrons. The molecule has 6 nitrogen and oxygen atoms in total. The fourth-order valence-corrected chi connectivity index (χ4v) is 3.45. The van der Waals surface area contributed by atoms with Crippen molar-refractivity contribution in [2.24, 2.45) is 5.10 Å².